The third-order valence-electron chi connectivity index (χ3n) is 0.982. The van der Waals surface area contributed by atoms with E-state index in [0.717, 1.165) is 12.3 Å². The van der Waals surface area contributed by atoms with E-state index in [1.165, 1.54) is 11.8 Å². The summed E-state index contributed by atoms with van der Waals surface area (Å²) in [6, 6.07) is 0. The van der Waals surface area contributed by atoms with E-state index in [9.17, 15) is 10.1 Å². The van der Waals surface area contributed by atoms with Crippen LogP contribution in [0.3, 0.4) is 0 Å². The zero-order valence-corrected chi connectivity index (χ0v) is 6.54. The first-order valence-electron chi connectivity index (χ1n) is 2.62. The molecule has 56 valence electrons. The number of thioether (sulfide) groups is 1. The summed E-state index contributed by atoms with van der Waals surface area (Å²) in [5, 5.41) is 13.0. The average Bonchev–Trinajstić information content (AvgIpc) is 2.36. The maximum absolute atomic E-state index is 10.0. The molecule has 6 heteroatoms. The molecule has 0 aromatic heterocycles. The van der Waals surface area contributed by atoms with E-state index in [1.54, 1.807) is 0 Å². The first-order chi connectivity index (χ1) is 4.72. The van der Waals surface area contributed by atoms with Crippen LogP contribution < -0.4 is 5.32 Å². The second-order valence-corrected chi connectivity index (χ2v) is 3.12. The molecule has 0 bridgehead atoms. The van der Waals surface area contributed by atoms with Crippen molar-refractivity contribution in [2.45, 2.75) is 0 Å². The Balaban J connectivity index is 2.73. The van der Waals surface area contributed by atoms with Crippen molar-refractivity contribution in [2.75, 3.05) is 12.3 Å². The molecule has 1 N–H and O–H groups in total. The minimum atomic E-state index is -0.595. The molecule has 0 aliphatic carbocycles. The molecule has 1 heterocycles. The van der Waals surface area contributed by atoms with Crippen LogP contribution in [0.1, 0.15) is 0 Å². The van der Waals surface area contributed by atoms with Gasteiger partial charge in [-0.3, -0.25) is 10.1 Å². The summed E-state index contributed by atoms with van der Waals surface area (Å²) in [4.78, 5) is 9.45. The van der Waals surface area contributed by atoms with Crippen LogP contribution in [-0.4, -0.2) is 17.2 Å². The van der Waals surface area contributed by atoms with Crippen molar-refractivity contribution >= 4 is 23.4 Å². The van der Waals surface area contributed by atoms with Gasteiger partial charge in [-0.05, 0) is 11.6 Å². The quantitative estimate of drug-likeness (QED) is 0.371. The lowest BCUT2D eigenvalue weighted by atomic mass is 10.7. The molecule has 10 heavy (non-hydrogen) atoms. The molecule has 0 unspecified atom stereocenters. The standard InChI is InChI=1S/C4H5ClN2O2S/c5-3(7(8)9)4-6-1-2-10-4/h6H,1-2H2/b4-3+. The molecule has 0 saturated carbocycles. The topological polar surface area (TPSA) is 55.2 Å². The van der Waals surface area contributed by atoms with Crippen LogP contribution >= 0.6 is 23.4 Å². The maximum atomic E-state index is 10.0. The van der Waals surface area contributed by atoms with Crippen LogP contribution in [0, 0.1) is 10.1 Å². The van der Waals surface area contributed by atoms with Crippen molar-refractivity contribution in [1.82, 2.24) is 5.32 Å². The van der Waals surface area contributed by atoms with Gasteiger partial charge in [-0.1, -0.05) is 11.8 Å². The van der Waals surface area contributed by atoms with Crippen molar-refractivity contribution in [1.29, 1.82) is 0 Å². The summed E-state index contributed by atoms with van der Waals surface area (Å²) in [6.45, 7) is 0.754. The summed E-state index contributed by atoms with van der Waals surface area (Å²) in [7, 11) is 0. The fourth-order valence-electron chi connectivity index (χ4n) is 0.584. The van der Waals surface area contributed by atoms with E-state index in [4.69, 9.17) is 11.6 Å². The van der Waals surface area contributed by atoms with Gasteiger partial charge in [0.1, 0.15) is 0 Å². The summed E-state index contributed by atoms with van der Waals surface area (Å²) < 4.78 is 0. The highest BCUT2D eigenvalue weighted by atomic mass is 35.5. The molecule has 1 aliphatic heterocycles. The average molecular weight is 181 g/mol. The molecule has 1 saturated heterocycles. The lowest BCUT2D eigenvalue weighted by molar-refractivity contribution is -0.412. The fourth-order valence-corrected chi connectivity index (χ4v) is 1.62. The van der Waals surface area contributed by atoms with Gasteiger partial charge in [0.2, 0.25) is 0 Å². The van der Waals surface area contributed by atoms with Crippen molar-refractivity contribution < 1.29 is 4.92 Å². The summed E-state index contributed by atoms with van der Waals surface area (Å²) >= 11 is 6.69. The normalized spacial score (nSPS) is 22.1. The van der Waals surface area contributed by atoms with Gasteiger partial charge in [-0.15, -0.1) is 0 Å². The molecule has 0 aromatic rings. The van der Waals surface area contributed by atoms with Gasteiger partial charge in [0.05, 0.1) is 4.92 Å². The van der Waals surface area contributed by atoms with Crippen LogP contribution in [0.25, 0.3) is 0 Å². The van der Waals surface area contributed by atoms with Crippen molar-refractivity contribution in [2.24, 2.45) is 0 Å². The maximum Gasteiger partial charge on any atom is 0.366 e. The Hall–Kier alpha value is -0.420. The van der Waals surface area contributed by atoms with Crippen LogP contribution in [-0.2, 0) is 0 Å². The molecule has 1 aliphatic rings. The highest BCUT2D eigenvalue weighted by Crippen LogP contribution is 2.23. The van der Waals surface area contributed by atoms with E-state index in [1.807, 2.05) is 0 Å². The van der Waals surface area contributed by atoms with Crippen molar-refractivity contribution in [3.63, 3.8) is 0 Å². The lowest BCUT2D eigenvalue weighted by Gasteiger charge is -1.93. The first-order valence-corrected chi connectivity index (χ1v) is 3.99. The zero-order chi connectivity index (χ0) is 7.56. The van der Waals surface area contributed by atoms with Crippen LogP contribution in [0.5, 0.6) is 0 Å². The predicted octanol–water partition coefficient (Wildman–Crippen LogP) is 0.965. The van der Waals surface area contributed by atoms with E-state index in [-0.39, 0.29) is 5.16 Å². The molecule has 0 spiro atoms. The van der Waals surface area contributed by atoms with Crippen LogP contribution in [0.4, 0.5) is 0 Å². The first kappa shape index (κ1) is 7.68. The number of rotatable bonds is 1. The van der Waals surface area contributed by atoms with Gasteiger partial charge >= 0.3 is 5.16 Å². The summed E-state index contributed by atoms with van der Waals surface area (Å²) in [6.07, 6.45) is 0. The Kier molecular flexibility index (Phi) is 2.39. The zero-order valence-electron chi connectivity index (χ0n) is 4.96. The molecular formula is C4H5ClN2O2S. The smallest absolute Gasteiger partial charge is 0.366 e. The second-order valence-electron chi connectivity index (χ2n) is 1.65. The largest absolute Gasteiger partial charge is 0.373 e. The third kappa shape index (κ3) is 1.54. The highest BCUT2D eigenvalue weighted by Gasteiger charge is 2.19. The minimum absolute atomic E-state index is 0.303. The van der Waals surface area contributed by atoms with Crippen LogP contribution in [0.2, 0.25) is 0 Å². The number of hydrogen-bond acceptors (Lipinski definition) is 4. The van der Waals surface area contributed by atoms with Crippen molar-refractivity contribution in [3.05, 3.63) is 20.3 Å². The molecule has 4 nitrogen and oxygen atoms in total. The fraction of sp³-hybridized carbons (Fsp3) is 0.500. The Morgan fingerprint density at radius 2 is 2.60 bits per heavy atom. The lowest BCUT2D eigenvalue weighted by Crippen LogP contribution is -2.08. The SMILES string of the molecule is O=[N+]([O-])/C(Cl)=C1\NCCS1. The molecular weight excluding hydrogens is 176 g/mol. The van der Waals surface area contributed by atoms with Gasteiger partial charge in [-0.25, -0.2) is 0 Å². The number of nitrogens with one attached hydrogen (secondary N) is 1. The Bertz CT molecular complexity index is 186. The minimum Gasteiger partial charge on any atom is -0.373 e. The predicted molar refractivity (Wildman–Crippen MR) is 40.3 cm³/mol. The van der Waals surface area contributed by atoms with E-state index in [0.29, 0.717) is 5.03 Å². The third-order valence-corrected chi connectivity index (χ3v) is 2.46. The van der Waals surface area contributed by atoms with Gasteiger partial charge in [0.25, 0.3) is 0 Å². The molecule has 1 fully saturated rings. The summed E-state index contributed by atoms with van der Waals surface area (Å²) in [5.41, 5.74) is 0. The molecule has 1 rings (SSSR count). The van der Waals surface area contributed by atoms with Gasteiger partial charge in [0.15, 0.2) is 5.03 Å². The summed E-state index contributed by atoms with van der Waals surface area (Å²) in [5.74, 6) is 0.847. The number of halogens is 1. The van der Waals surface area contributed by atoms with Gasteiger partial charge in [0, 0.05) is 12.3 Å². The molecule has 0 aromatic carbocycles. The second kappa shape index (κ2) is 3.12. The van der Waals surface area contributed by atoms with Crippen molar-refractivity contribution in [3.8, 4) is 0 Å². The molecule has 0 amide bonds. The Labute approximate surface area is 66.8 Å². The van der Waals surface area contributed by atoms with Gasteiger partial charge < -0.3 is 5.32 Å². The molecule has 0 atom stereocenters. The number of nitro groups is 1. The van der Waals surface area contributed by atoms with Crippen LogP contribution in [0.15, 0.2) is 10.2 Å². The molecule has 0 radical (unpaired) electrons. The van der Waals surface area contributed by atoms with Gasteiger partial charge in [-0.2, -0.15) is 0 Å². The van der Waals surface area contributed by atoms with E-state index >= 15 is 0 Å². The monoisotopic (exact) mass is 180 g/mol. The number of hydrogen-bond donors (Lipinski definition) is 1. The highest BCUT2D eigenvalue weighted by molar-refractivity contribution is 8.03. The number of nitrogens with zero attached hydrogens (tertiary/aromatic N) is 1. The van der Waals surface area contributed by atoms with E-state index in [2.05, 4.69) is 5.32 Å². The Morgan fingerprint density at radius 3 is 3.00 bits per heavy atom. The van der Waals surface area contributed by atoms with E-state index < -0.39 is 4.92 Å². The Morgan fingerprint density at radius 1 is 1.90 bits per heavy atom.